The Morgan fingerprint density at radius 1 is 1.09 bits per heavy atom. The number of rotatable bonds is 3. The van der Waals surface area contributed by atoms with E-state index in [4.69, 9.17) is 16.4 Å². The van der Waals surface area contributed by atoms with Crippen molar-refractivity contribution in [2.75, 3.05) is 31.1 Å². The topological polar surface area (TPSA) is 58.6 Å². The van der Waals surface area contributed by atoms with Crippen LogP contribution in [0.2, 0.25) is 5.28 Å². The van der Waals surface area contributed by atoms with Gasteiger partial charge in [0.2, 0.25) is 5.28 Å². The molecule has 1 aliphatic heterocycles. The van der Waals surface area contributed by atoms with Gasteiger partial charge < -0.3 is 9.74 Å². The summed E-state index contributed by atoms with van der Waals surface area (Å²) in [5.74, 6) is 0.452. The van der Waals surface area contributed by atoms with Gasteiger partial charge in [0.15, 0.2) is 0 Å². The zero-order valence-corrected chi connectivity index (χ0v) is 12.6. The Balaban J connectivity index is 1.55. The predicted molar refractivity (Wildman–Crippen MR) is 82.7 cm³/mol. The number of benzene rings is 1. The second kappa shape index (κ2) is 6.72. The first-order valence-corrected chi connectivity index (χ1v) is 7.36. The molecule has 7 heteroatoms. The normalized spacial score (nSPS) is 15.6. The third-order valence-electron chi connectivity index (χ3n) is 3.40. The van der Waals surface area contributed by atoms with Crippen LogP contribution in [0.15, 0.2) is 42.6 Å². The van der Waals surface area contributed by atoms with Gasteiger partial charge in [-0.1, -0.05) is 18.2 Å². The number of hydrogen-bond acceptors (Lipinski definition) is 6. The molecule has 1 saturated heterocycles. The second-order valence-corrected chi connectivity index (χ2v) is 5.18. The molecule has 0 unspecified atom stereocenters. The molecule has 0 saturated carbocycles. The van der Waals surface area contributed by atoms with E-state index in [1.54, 1.807) is 23.4 Å². The lowest BCUT2D eigenvalue weighted by atomic mass is 10.2. The Hall–Kier alpha value is -2.18. The molecule has 6 nitrogen and oxygen atoms in total. The molecule has 2 heterocycles. The van der Waals surface area contributed by atoms with Gasteiger partial charge >= 0.3 is 5.97 Å². The number of piperazine rings is 1. The van der Waals surface area contributed by atoms with Gasteiger partial charge in [0.05, 0.1) is 18.7 Å². The summed E-state index contributed by atoms with van der Waals surface area (Å²) in [6.07, 6.45) is 1.63. The Bertz CT molecular complexity index is 645. The van der Waals surface area contributed by atoms with Crippen LogP contribution in [0.25, 0.3) is 0 Å². The van der Waals surface area contributed by atoms with Crippen molar-refractivity contribution in [2.45, 2.75) is 0 Å². The first kappa shape index (κ1) is 14.7. The largest absolute Gasteiger partial charge is 0.364 e. The first-order chi connectivity index (χ1) is 10.7. The standard InChI is InChI=1S/C15H15ClN4O2/c16-15-17-7-6-13(18-15)19-8-10-20(11-9-19)22-14(21)12-4-2-1-3-5-12/h1-7H,8-11H2. The Morgan fingerprint density at radius 3 is 2.50 bits per heavy atom. The van der Waals surface area contributed by atoms with Crippen molar-refractivity contribution < 1.29 is 9.63 Å². The predicted octanol–water partition coefficient (Wildman–Crippen LogP) is 2.02. The Labute approximate surface area is 133 Å². The maximum atomic E-state index is 12.0. The molecule has 0 aliphatic carbocycles. The third kappa shape index (κ3) is 3.52. The van der Waals surface area contributed by atoms with Crippen LogP contribution in [-0.2, 0) is 4.84 Å². The SMILES string of the molecule is O=C(ON1CCN(c2ccnc(Cl)n2)CC1)c1ccccc1. The minimum absolute atomic E-state index is 0.232. The molecule has 0 amide bonds. The van der Waals surface area contributed by atoms with Crippen LogP contribution in [0.1, 0.15) is 10.4 Å². The summed E-state index contributed by atoms with van der Waals surface area (Å²) in [6.45, 7) is 2.63. The van der Waals surface area contributed by atoms with Crippen LogP contribution in [-0.4, -0.2) is 47.2 Å². The minimum Gasteiger partial charge on any atom is -0.364 e. The van der Waals surface area contributed by atoms with Gasteiger partial charge in [0, 0.05) is 19.3 Å². The summed E-state index contributed by atoms with van der Waals surface area (Å²) in [5, 5.41) is 1.91. The van der Waals surface area contributed by atoms with E-state index < -0.39 is 0 Å². The van der Waals surface area contributed by atoms with Gasteiger partial charge in [0.25, 0.3) is 0 Å². The number of aromatic nitrogens is 2. The molecule has 0 N–H and O–H groups in total. The van der Waals surface area contributed by atoms with Crippen LogP contribution in [0.4, 0.5) is 5.82 Å². The number of hydrogen-bond donors (Lipinski definition) is 0. The molecule has 22 heavy (non-hydrogen) atoms. The van der Waals surface area contributed by atoms with Crippen molar-refractivity contribution in [3.63, 3.8) is 0 Å². The fourth-order valence-electron chi connectivity index (χ4n) is 2.25. The monoisotopic (exact) mass is 318 g/mol. The van der Waals surface area contributed by atoms with E-state index in [-0.39, 0.29) is 11.3 Å². The quantitative estimate of drug-likeness (QED) is 0.807. The van der Waals surface area contributed by atoms with E-state index in [9.17, 15) is 4.79 Å². The Morgan fingerprint density at radius 2 is 1.82 bits per heavy atom. The van der Waals surface area contributed by atoms with E-state index in [1.165, 1.54) is 0 Å². The molecular weight excluding hydrogens is 304 g/mol. The first-order valence-electron chi connectivity index (χ1n) is 6.98. The minimum atomic E-state index is -0.334. The smallest absolute Gasteiger partial charge is 0.357 e. The molecular formula is C15H15ClN4O2. The van der Waals surface area contributed by atoms with Crippen LogP contribution < -0.4 is 4.90 Å². The lowest BCUT2D eigenvalue weighted by Crippen LogP contribution is -2.47. The number of halogens is 1. The Kier molecular flexibility index (Phi) is 4.50. The van der Waals surface area contributed by atoms with Crippen molar-refractivity contribution in [3.8, 4) is 0 Å². The molecule has 0 radical (unpaired) electrons. The van der Waals surface area contributed by atoms with E-state index in [0.29, 0.717) is 31.7 Å². The molecule has 114 valence electrons. The van der Waals surface area contributed by atoms with Gasteiger partial charge in [-0.3, -0.25) is 0 Å². The molecule has 1 fully saturated rings. The van der Waals surface area contributed by atoms with Gasteiger partial charge in [0.1, 0.15) is 5.82 Å². The number of carbonyl (C=O) groups excluding carboxylic acids is 1. The molecule has 0 atom stereocenters. The zero-order valence-electron chi connectivity index (χ0n) is 11.9. The number of anilines is 1. The summed E-state index contributed by atoms with van der Waals surface area (Å²) in [6, 6.07) is 10.8. The van der Waals surface area contributed by atoms with Gasteiger partial charge in [-0.25, -0.2) is 14.8 Å². The number of hydroxylamine groups is 2. The second-order valence-electron chi connectivity index (χ2n) is 4.84. The maximum Gasteiger partial charge on any atom is 0.357 e. The van der Waals surface area contributed by atoms with E-state index in [2.05, 4.69) is 14.9 Å². The third-order valence-corrected chi connectivity index (χ3v) is 3.58. The van der Waals surface area contributed by atoms with Gasteiger partial charge in [-0.15, -0.1) is 5.06 Å². The highest BCUT2D eigenvalue weighted by atomic mass is 35.5. The van der Waals surface area contributed by atoms with Crippen LogP contribution in [0.3, 0.4) is 0 Å². The number of nitrogens with zero attached hydrogens (tertiary/aromatic N) is 4. The fourth-order valence-corrected chi connectivity index (χ4v) is 2.40. The van der Waals surface area contributed by atoms with Crippen molar-refractivity contribution in [2.24, 2.45) is 0 Å². The summed E-state index contributed by atoms with van der Waals surface area (Å²) in [4.78, 5) is 27.5. The van der Waals surface area contributed by atoms with Gasteiger partial charge in [-0.05, 0) is 29.8 Å². The van der Waals surface area contributed by atoms with E-state index in [1.807, 2.05) is 24.3 Å². The molecule has 0 bridgehead atoms. The molecule has 2 aromatic rings. The van der Waals surface area contributed by atoms with Crippen LogP contribution >= 0.6 is 11.6 Å². The average molecular weight is 319 g/mol. The van der Waals surface area contributed by atoms with Crippen molar-refractivity contribution in [3.05, 3.63) is 53.4 Å². The highest BCUT2D eigenvalue weighted by Gasteiger charge is 2.21. The lowest BCUT2D eigenvalue weighted by molar-refractivity contribution is -0.112. The van der Waals surface area contributed by atoms with Crippen molar-refractivity contribution in [1.29, 1.82) is 0 Å². The lowest BCUT2D eigenvalue weighted by Gasteiger charge is -2.33. The van der Waals surface area contributed by atoms with Crippen molar-refractivity contribution >= 4 is 23.4 Å². The maximum absolute atomic E-state index is 12.0. The van der Waals surface area contributed by atoms with Gasteiger partial charge in [-0.2, -0.15) is 0 Å². The van der Waals surface area contributed by atoms with E-state index in [0.717, 1.165) is 5.82 Å². The molecule has 1 aromatic heterocycles. The van der Waals surface area contributed by atoms with E-state index >= 15 is 0 Å². The summed E-state index contributed by atoms with van der Waals surface area (Å²) in [5.41, 5.74) is 0.549. The highest BCUT2D eigenvalue weighted by molar-refractivity contribution is 6.28. The molecule has 1 aromatic carbocycles. The summed E-state index contributed by atoms with van der Waals surface area (Å²) in [7, 11) is 0. The van der Waals surface area contributed by atoms with Crippen LogP contribution in [0, 0.1) is 0 Å². The molecule has 3 rings (SSSR count). The fraction of sp³-hybridized carbons (Fsp3) is 0.267. The molecule has 1 aliphatic rings. The van der Waals surface area contributed by atoms with Crippen molar-refractivity contribution in [1.82, 2.24) is 15.0 Å². The summed E-state index contributed by atoms with van der Waals surface area (Å²) < 4.78 is 0. The zero-order chi connectivity index (χ0) is 15.4. The average Bonchev–Trinajstić information content (AvgIpc) is 2.56. The summed E-state index contributed by atoms with van der Waals surface area (Å²) >= 11 is 5.80. The highest BCUT2D eigenvalue weighted by Crippen LogP contribution is 2.15. The number of carbonyl (C=O) groups is 1. The molecule has 0 spiro atoms. The van der Waals surface area contributed by atoms with Crippen LogP contribution in [0.5, 0.6) is 0 Å².